The maximum Gasteiger partial charge on any atom is 0.407 e. The number of alkyl carbamates (subject to hydrolysis) is 1. The van der Waals surface area contributed by atoms with Crippen molar-refractivity contribution in [3.05, 3.63) is 59.7 Å². The van der Waals surface area contributed by atoms with Gasteiger partial charge in [-0.2, -0.15) is 0 Å². The van der Waals surface area contributed by atoms with Gasteiger partial charge in [0.25, 0.3) is 0 Å². The van der Waals surface area contributed by atoms with Gasteiger partial charge in [-0.15, -0.1) is 0 Å². The molecule has 2 amide bonds. The predicted molar refractivity (Wildman–Crippen MR) is 114 cm³/mol. The van der Waals surface area contributed by atoms with E-state index in [2.05, 4.69) is 22.8 Å². The van der Waals surface area contributed by atoms with Crippen molar-refractivity contribution >= 4 is 18.0 Å². The summed E-state index contributed by atoms with van der Waals surface area (Å²) in [6.45, 7) is 1.37. The van der Waals surface area contributed by atoms with E-state index in [-0.39, 0.29) is 32.1 Å². The highest BCUT2D eigenvalue weighted by Gasteiger charge is 2.29. The highest BCUT2D eigenvalue weighted by molar-refractivity contribution is 5.85. The molecule has 0 heterocycles. The minimum absolute atomic E-state index is 0.00598. The first-order chi connectivity index (χ1) is 14.9. The van der Waals surface area contributed by atoms with Crippen LogP contribution in [-0.4, -0.2) is 54.0 Å². The molecule has 2 aromatic rings. The molecule has 8 nitrogen and oxygen atoms in total. The van der Waals surface area contributed by atoms with E-state index in [0.717, 1.165) is 22.3 Å². The van der Waals surface area contributed by atoms with E-state index in [4.69, 9.17) is 14.9 Å². The summed E-state index contributed by atoms with van der Waals surface area (Å²) in [6.07, 6.45) is -0.736. The van der Waals surface area contributed by atoms with Gasteiger partial charge < -0.3 is 25.6 Å². The van der Waals surface area contributed by atoms with E-state index in [0.29, 0.717) is 0 Å². The fourth-order valence-electron chi connectivity index (χ4n) is 3.68. The van der Waals surface area contributed by atoms with E-state index in [1.165, 1.54) is 0 Å². The number of aliphatic hydroxyl groups excluding tert-OH is 1. The van der Waals surface area contributed by atoms with Crippen molar-refractivity contribution in [2.75, 3.05) is 19.8 Å². The van der Waals surface area contributed by atoms with E-state index >= 15 is 0 Å². The Bertz CT molecular complexity index is 915. The lowest BCUT2D eigenvalue weighted by Gasteiger charge is -2.18. The molecule has 2 aromatic carbocycles. The topological polar surface area (TPSA) is 125 Å². The zero-order valence-corrected chi connectivity index (χ0v) is 17.2. The van der Waals surface area contributed by atoms with Crippen LogP contribution in [0.25, 0.3) is 11.1 Å². The molecule has 0 aromatic heterocycles. The molecule has 0 bridgehead atoms. The number of nitrogens with one attached hydrogen (secondary N) is 2. The molecule has 0 saturated carbocycles. The summed E-state index contributed by atoms with van der Waals surface area (Å²) in [5.41, 5.74) is 4.47. The minimum atomic E-state index is -1.22. The summed E-state index contributed by atoms with van der Waals surface area (Å²) < 4.78 is 5.42. The van der Waals surface area contributed by atoms with Crippen molar-refractivity contribution in [3.8, 4) is 11.1 Å². The van der Waals surface area contributed by atoms with Crippen LogP contribution in [0.3, 0.4) is 0 Å². The number of carboxylic acid groups (broad SMARTS) is 1. The van der Waals surface area contributed by atoms with Crippen molar-refractivity contribution in [2.45, 2.75) is 25.3 Å². The lowest BCUT2D eigenvalue weighted by Crippen LogP contribution is -2.46. The molecule has 3 rings (SSSR count). The van der Waals surface area contributed by atoms with Gasteiger partial charge in [0.15, 0.2) is 0 Å². The Hall–Kier alpha value is -3.39. The Kier molecular flexibility index (Phi) is 7.25. The fourth-order valence-corrected chi connectivity index (χ4v) is 3.68. The zero-order valence-electron chi connectivity index (χ0n) is 17.2. The van der Waals surface area contributed by atoms with Crippen LogP contribution < -0.4 is 10.6 Å². The van der Waals surface area contributed by atoms with Crippen molar-refractivity contribution in [1.82, 2.24) is 10.6 Å². The lowest BCUT2D eigenvalue weighted by molar-refractivity contribution is -0.142. The van der Waals surface area contributed by atoms with Gasteiger partial charge in [0.1, 0.15) is 12.6 Å². The largest absolute Gasteiger partial charge is 0.480 e. The molecule has 2 atom stereocenters. The number of rotatable bonds is 9. The molecule has 8 heteroatoms. The number of carbonyl (C=O) groups is 3. The molecule has 1 aliphatic carbocycles. The lowest BCUT2D eigenvalue weighted by atomic mass is 9.98. The summed E-state index contributed by atoms with van der Waals surface area (Å²) in [4.78, 5) is 35.4. The van der Waals surface area contributed by atoms with Crippen LogP contribution in [0.5, 0.6) is 0 Å². The fraction of sp³-hybridized carbons (Fsp3) is 0.348. The summed E-state index contributed by atoms with van der Waals surface area (Å²) in [7, 11) is 0. The number of aliphatic hydroxyl groups is 1. The van der Waals surface area contributed by atoms with Gasteiger partial charge in [0.05, 0.1) is 5.92 Å². The van der Waals surface area contributed by atoms with E-state index in [1.54, 1.807) is 6.92 Å². The van der Waals surface area contributed by atoms with Crippen LogP contribution in [0.1, 0.15) is 30.4 Å². The van der Waals surface area contributed by atoms with Gasteiger partial charge in [0, 0.05) is 25.5 Å². The molecule has 0 aliphatic heterocycles. The Morgan fingerprint density at radius 1 is 1.03 bits per heavy atom. The van der Waals surface area contributed by atoms with Gasteiger partial charge in [-0.05, 0) is 22.3 Å². The van der Waals surface area contributed by atoms with Crippen molar-refractivity contribution in [1.29, 1.82) is 0 Å². The molecule has 164 valence electrons. The third kappa shape index (κ3) is 5.21. The number of benzene rings is 2. The molecule has 0 fully saturated rings. The second-order valence-corrected chi connectivity index (χ2v) is 7.52. The van der Waals surface area contributed by atoms with Gasteiger partial charge in [-0.3, -0.25) is 4.79 Å². The number of hydrogen-bond acceptors (Lipinski definition) is 5. The maximum absolute atomic E-state index is 12.2. The second-order valence-electron chi connectivity index (χ2n) is 7.52. The number of ether oxygens (including phenoxy) is 1. The van der Waals surface area contributed by atoms with Crippen molar-refractivity contribution in [3.63, 3.8) is 0 Å². The Morgan fingerprint density at radius 3 is 2.16 bits per heavy atom. The molecule has 0 radical (unpaired) electrons. The van der Waals surface area contributed by atoms with Gasteiger partial charge in [-0.25, -0.2) is 9.59 Å². The molecule has 4 N–H and O–H groups in total. The molecular formula is C23H26N2O6. The van der Waals surface area contributed by atoms with Crippen LogP contribution in [0.2, 0.25) is 0 Å². The average Bonchev–Trinajstić information content (AvgIpc) is 3.09. The van der Waals surface area contributed by atoms with Crippen molar-refractivity contribution < 1.29 is 29.3 Å². The molecule has 0 saturated heterocycles. The first kappa shape index (κ1) is 22.3. The Labute approximate surface area is 180 Å². The minimum Gasteiger partial charge on any atom is -0.480 e. The van der Waals surface area contributed by atoms with Crippen LogP contribution in [0.4, 0.5) is 4.79 Å². The Balaban J connectivity index is 1.52. The molecule has 31 heavy (non-hydrogen) atoms. The normalized spacial score (nSPS) is 14.1. The summed E-state index contributed by atoms with van der Waals surface area (Å²) in [6, 6.07) is 14.9. The number of carbonyl (C=O) groups excluding carboxylic acids is 2. The molecule has 1 aliphatic rings. The zero-order chi connectivity index (χ0) is 22.4. The predicted octanol–water partition coefficient (Wildman–Crippen LogP) is 2.11. The Morgan fingerprint density at radius 2 is 1.61 bits per heavy atom. The third-order valence-electron chi connectivity index (χ3n) is 5.38. The summed E-state index contributed by atoms with van der Waals surface area (Å²) in [5, 5.41) is 22.8. The van der Waals surface area contributed by atoms with E-state index < -0.39 is 29.9 Å². The van der Waals surface area contributed by atoms with Crippen LogP contribution in [-0.2, 0) is 14.3 Å². The number of fused-ring (bicyclic) bond motifs is 3. The highest BCUT2D eigenvalue weighted by Crippen LogP contribution is 2.44. The number of carboxylic acids is 1. The quantitative estimate of drug-likeness (QED) is 0.487. The van der Waals surface area contributed by atoms with Crippen molar-refractivity contribution in [2.24, 2.45) is 5.92 Å². The first-order valence-corrected chi connectivity index (χ1v) is 10.1. The molecular weight excluding hydrogens is 400 g/mol. The standard InChI is InChI=1S/C23H26N2O6/c1-14(21(27)25-20(10-11-26)22(28)29)12-24-23(30)31-13-19-17-8-4-2-6-15(17)16-7-3-5-9-18(16)19/h2-9,14,19-20,26H,10-13H2,1H3,(H,24,30)(H,25,27)(H,28,29)/t14?,20-/m0/s1. The van der Waals surface area contributed by atoms with E-state index in [9.17, 15) is 14.4 Å². The van der Waals surface area contributed by atoms with Crippen LogP contribution >= 0.6 is 0 Å². The summed E-state index contributed by atoms with van der Waals surface area (Å²) >= 11 is 0. The van der Waals surface area contributed by atoms with Gasteiger partial charge in [-0.1, -0.05) is 55.5 Å². The number of amides is 2. The number of hydrogen-bond donors (Lipinski definition) is 4. The second kappa shape index (κ2) is 10.1. The SMILES string of the molecule is CC(CNC(=O)OCC1c2ccccc2-c2ccccc21)C(=O)N[C@@H](CCO)C(=O)O. The average molecular weight is 426 g/mol. The smallest absolute Gasteiger partial charge is 0.407 e. The summed E-state index contributed by atoms with van der Waals surface area (Å²) in [5.74, 6) is -2.48. The van der Waals surface area contributed by atoms with Crippen LogP contribution in [0.15, 0.2) is 48.5 Å². The maximum atomic E-state index is 12.2. The molecule has 0 spiro atoms. The highest BCUT2D eigenvalue weighted by atomic mass is 16.5. The van der Waals surface area contributed by atoms with Gasteiger partial charge >= 0.3 is 12.1 Å². The monoisotopic (exact) mass is 426 g/mol. The van der Waals surface area contributed by atoms with E-state index in [1.807, 2.05) is 36.4 Å². The third-order valence-corrected chi connectivity index (χ3v) is 5.38. The van der Waals surface area contributed by atoms with Gasteiger partial charge in [0.2, 0.25) is 5.91 Å². The molecule has 1 unspecified atom stereocenters. The van der Waals surface area contributed by atoms with Crippen LogP contribution in [0, 0.1) is 5.92 Å². The first-order valence-electron chi connectivity index (χ1n) is 10.1. The number of aliphatic carboxylic acids is 1.